The van der Waals surface area contributed by atoms with Crippen LogP contribution in [0.15, 0.2) is 96.1 Å². The van der Waals surface area contributed by atoms with Gasteiger partial charge in [0.05, 0.1) is 32.4 Å². The molecule has 0 saturated heterocycles. The molecule has 0 spiro atoms. The van der Waals surface area contributed by atoms with E-state index in [2.05, 4.69) is 99.1 Å². The summed E-state index contributed by atoms with van der Waals surface area (Å²) in [6.45, 7) is 5.82. The number of allylic oxidation sites excluding steroid dienone is 1. The van der Waals surface area contributed by atoms with Gasteiger partial charge in [-0.1, -0.05) is 84.9 Å². The molecule has 3 aromatic rings. The van der Waals surface area contributed by atoms with Gasteiger partial charge >= 0.3 is 0 Å². The van der Waals surface area contributed by atoms with E-state index in [1.54, 1.807) is 6.21 Å². The molecule has 3 nitrogen and oxygen atoms in total. The summed E-state index contributed by atoms with van der Waals surface area (Å²) >= 11 is 0. The van der Waals surface area contributed by atoms with Crippen molar-refractivity contribution in [1.82, 2.24) is 0 Å². The summed E-state index contributed by atoms with van der Waals surface area (Å²) in [5, 5.41) is 3.95. The minimum atomic E-state index is 0.478. The zero-order chi connectivity index (χ0) is 22.8. The fourth-order valence-corrected chi connectivity index (χ4v) is 3.81. The topological polar surface area (TPSA) is 24.4 Å². The molecule has 3 heteroatoms. The van der Waals surface area contributed by atoms with Crippen LogP contribution in [-0.4, -0.2) is 37.4 Å². The average Bonchev–Trinajstić information content (AvgIpc) is 3.09. The number of hydrazone groups is 1. The largest absolute Gasteiger partial charge is 0.326 e. The van der Waals surface area contributed by atoms with Crippen LogP contribution in [0, 0.1) is 0 Å². The summed E-state index contributed by atoms with van der Waals surface area (Å²) in [6, 6.07) is 30.5. The zero-order valence-corrected chi connectivity index (χ0v) is 19.8. The summed E-state index contributed by atoms with van der Waals surface area (Å²) in [5.74, 6) is 0.478. The van der Waals surface area contributed by atoms with E-state index in [1.165, 1.54) is 23.1 Å². The van der Waals surface area contributed by atoms with Crippen LogP contribution >= 0.6 is 0 Å². The van der Waals surface area contributed by atoms with E-state index in [0.717, 1.165) is 16.7 Å². The lowest BCUT2D eigenvalue weighted by molar-refractivity contribution is -0.911. The Kier molecular flexibility index (Phi) is 8.41. The normalized spacial score (nSPS) is 13.4. The number of hydrogen-bond acceptors (Lipinski definition) is 2. The molecule has 166 valence electrons. The SMILES string of the molecule is C1=Cc2ccccc2NN=C1.CC[N+](C)(C)C(C)CC(c1ccccc1)c1ccccc1. The molecule has 1 atom stereocenters. The van der Waals surface area contributed by atoms with Crippen molar-refractivity contribution in [3.8, 4) is 0 Å². The van der Waals surface area contributed by atoms with E-state index < -0.39 is 0 Å². The summed E-state index contributed by atoms with van der Waals surface area (Å²) in [7, 11) is 4.66. The van der Waals surface area contributed by atoms with Crippen LogP contribution in [0.1, 0.15) is 42.9 Å². The molecule has 0 radical (unpaired) electrons. The van der Waals surface area contributed by atoms with E-state index in [1.807, 2.05) is 36.4 Å². The van der Waals surface area contributed by atoms with E-state index in [9.17, 15) is 0 Å². The van der Waals surface area contributed by atoms with Crippen LogP contribution in [0.5, 0.6) is 0 Å². The fraction of sp³-hybridized carbons (Fsp3) is 0.276. The minimum absolute atomic E-state index is 0.478. The predicted octanol–water partition coefficient (Wildman–Crippen LogP) is 6.80. The van der Waals surface area contributed by atoms with Crippen molar-refractivity contribution in [1.29, 1.82) is 0 Å². The van der Waals surface area contributed by atoms with E-state index in [4.69, 9.17) is 0 Å². The molecule has 0 saturated carbocycles. The van der Waals surface area contributed by atoms with Crippen molar-refractivity contribution in [2.75, 3.05) is 26.1 Å². The molecule has 0 aliphatic carbocycles. The quantitative estimate of drug-likeness (QED) is 0.430. The standard InChI is InChI=1S/C20H28N.C9H8N2/c1-5-21(3,4)17(2)16-20(18-12-8-6-9-13-18)19-14-10-7-11-15-19;1-2-6-9-8(4-1)5-3-7-10-11-9/h6-15,17,20H,5,16H2,1-4H3;1-7,11H/q+1;. The number of nitrogens with one attached hydrogen (secondary N) is 1. The lowest BCUT2D eigenvalue weighted by Gasteiger charge is -2.37. The van der Waals surface area contributed by atoms with Gasteiger partial charge in [0, 0.05) is 18.6 Å². The monoisotopic (exact) mass is 426 g/mol. The number of anilines is 1. The Morgan fingerprint density at radius 1 is 0.812 bits per heavy atom. The highest BCUT2D eigenvalue weighted by atomic mass is 15.3. The highest BCUT2D eigenvalue weighted by molar-refractivity contribution is 5.83. The van der Waals surface area contributed by atoms with Crippen molar-refractivity contribution in [2.24, 2.45) is 5.10 Å². The van der Waals surface area contributed by atoms with E-state index in [-0.39, 0.29) is 0 Å². The maximum absolute atomic E-state index is 3.95. The van der Waals surface area contributed by atoms with Gasteiger partial charge < -0.3 is 4.48 Å². The molecular weight excluding hydrogens is 390 g/mol. The molecular formula is C29H36N3+. The van der Waals surface area contributed by atoms with E-state index >= 15 is 0 Å². The lowest BCUT2D eigenvalue weighted by Crippen LogP contribution is -2.47. The second kappa shape index (κ2) is 11.4. The van der Waals surface area contributed by atoms with Crippen molar-refractivity contribution in [3.05, 3.63) is 108 Å². The van der Waals surface area contributed by atoms with Crippen LogP contribution in [0.2, 0.25) is 0 Å². The van der Waals surface area contributed by atoms with Gasteiger partial charge in [-0.3, -0.25) is 5.43 Å². The number of para-hydroxylation sites is 1. The highest BCUT2D eigenvalue weighted by Gasteiger charge is 2.26. The van der Waals surface area contributed by atoms with Crippen LogP contribution in [0.3, 0.4) is 0 Å². The Hall–Kier alpha value is -3.17. The Labute approximate surface area is 193 Å². The van der Waals surface area contributed by atoms with Gasteiger partial charge in [0.1, 0.15) is 0 Å². The average molecular weight is 427 g/mol. The van der Waals surface area contributed by atoms with Crippen molar-refractivity contribution in [2.45, 2.75) is 32.2 Å². The Balaban J connectivity index is 0.000000219. The Morgan fingerprint density at radius 2 is 1.38 bits per heavy atom. The first-order valence-electron chi connectivity index (χ1n) is 11.5. The number of quaternary nitrogens is 1. The van der Waals surface area contributed by atoms with Crippen LogP contribution in [0.25, 0.3) is 6.08 Å². The Morgan fingerprint density at radius 3 is 1.97 bits per heavy atom. The molecule has 3 aromatic carbocycles. The van der Waals surface area contributed by atoms with Gasteiger partial charge in [-0.2, -0.15) is 5.10 Å². The molecule has 4 rings (SSSR count). The third-order valence-corrected chi connectivity index (χ3v) is 6.57. The Bertz CT molecular complexity index is 967. The van der Waals surface area contributed by atoms with Gasteiger partial charge in [0.2, 0.25) is 0 Å². The first-order valence-corrected chi connectivity index (χ1v) is 11.5. The number of hydrogen-bond donors (Lipinski definition) is 1. The summed E-state index contributed by atoms with van der Waals surface area (Å²) in [5.41, 5.74) is 8.00. The van der Waals surface area contributed by atoms with Crippen LogP contribution < -0.4 is 5.43 Å². The zero-order valence-electron chi connectivity index (χ0n) is 19.8. The molecule has 1 N–H and O–H groups in total. The predicted molar refractivity (Wildman–Crippen MR) is 139 cm³/mol. The van der Waals surface area contributed by atoms with Crippen molar-refractivity contribution >= 4 is 18.0 Å². The van der Waals surface area contributed by atoms with Crippen molar-refractivity contribution < 1.29 is 4.48 Å². The first kappa shape index (κ1) is 23.5. The number of benzene rings is 3. The molecule has 1 unspecified atom stereocenters. The highest BCUT2D eigenvalue weighted by Crippen LogP contribution is 2.31. The molecule has 1 heterocycles. The molecule has 1 aliphatic heterocycles. The van der Waals surface area contributed by atoms with Gasteiger partial charge in [-0.05, 0) is 42.7 Å². The van der Waals surface area contributed by atoms with E-state index in [0.29, 0.717) is 12.0 Å². The maximum Gasteiger partial charge on any atom is 0.0866 e. The smallest absolute Gasteiger partial charge is 0.0866 e. The summed E-state index contributed by atoms with van der Waals surface area (Å²) in [6.07, 6.45) is 6.85. The van der Waals surface area contributed by atoms with Gasteiger partial charge in [-0.25, -0.2) is 0 Å². The molecule has 1 aliphatic rings. The van der Waals surface area contributed by atoms with Crippen LogP contribution in [-0.2, 0) is 0 Å². The molecule has 0 bridgehead atoms. The lowest BCUT2D eigenvalue weighted by atomic mass is 9.85. The second-order valence-corrected chi connectivity index (χ2v) is 8.89. The molecule has 0 aromatic heterocycles. The third kappa shape index (κ3) is 6.41. The van der Waals surface area contributed by atoms with Gasteiger partial charge in [-0.15, -0.1) is 0 Å². The van der Waals surface area contributed by atoms with Gasteiger partial charge in [0.15, 0.2) is 0 Å². The molecule has 0 amide bonds. The number of fused-ring (bicyclic) bond motifs is 1. The summed E-state index contributed by atoms with van der Waals surface area (Å²) < 4.78 is 1.07. The maximum atomic E-state index is 3.95. The van der Waals surface area contributed by atoms with Crippen molar-refractivity contribution in [3.63, 3.8) is 0 Å². The fourth-order valence-electron chi connectivity index (χ4n) is 3.81. The van der Waals surface area contributed by atoms with Crippen LogP contribution in [0.4, 0.5) is 5.69 Å². The number of rotatable bonds is 6. The third-order valence-electron chi connectivity index (χ3n) is 6.57. The molecule has 32 heavy (non-hydrogen) atoms. The summed E-state index contributed by atoms with van der Waals surface area (Å²) in [4.78, 5) is 0. The second-order valence-electron chi connectivity index (χ2n) is 8.89. The first-order chi connectivity index (χ1) is 15.5. The van der Waals surface area contributed by atoms with Gasteiger partial charge in [0.25, 0.3) is 0 Å². The minimum Gasteiger partial charge on any atom is -0.326 e. The molecule has 0 fully saturated rings. The number of nitrogens with zero attached hydrogens (tertiary/aromatic N) is 2.